The summed E-state index contributed by atoms with van der Waals surface area (Å²) < 4.78 is 162. The van der Waals surface area contributed by atoms with Crippen molar-refractivity contribution in [1.29, 1.82) is 0 Å². The monoisotopic (exact) mass is 1580 g/mol. The second-order valence-corrected chi connectivity index (χ2v) is 27.4. The minimum atomic E-state index is -1.27. The minimum Gasteiger partial charge on any atom is -0.478 e. The number of alkyl halides is 1. The number of halogens is 13. The predicted octanol–water partition coefficient (Wildman–Crippen LogP) is 21.1. The fourth-order valence-electron chi connectivity index (χ4n) is 13.9. The number of carboxylic acids is 1. The number of hydrogen-bond donors (Lipinski definition) is 4. The second-order valence-electron chi connectivity index (χ2n) is 26.9. The highest BCUT2D eigenvalue weighted by molar-refractivity contribution is 9.08. The number of Topliss-reactive ketones (excluding diaryl/α,β-unsaturated/α-hetero) is 2. The van der Waals surface area contributed by atoms with Crippen molar-refractivity contribution in [2.75, 3.05) is 5.32 Å². The summed E-state index contributed by atoms with van der Waals surface area (Å²) in [6, 6.07) is 27.1. The molecule has 0 saturated heterocycles. The molecular formula is C84H71BrF12N6O7. The third kappa shape index (κ3) is 19.6. The first-order valence-electron chi connectivity index (χ1n) is 35.2. The third-order valence-electron chi connectivity index (χ3n) is 19.3. The first-order chi connectivity index (χ1) is 52.4. The zero-order chi connectivity index (χ0) is 79.5. The summed E-state index contributed by atoms with van der Waals surface area (Å²) in [5.41, 5.74) is 4.42. The van der Waals surface area contributed by atoms with Crippen LogP contribution in [0.2, 0.25) is 0 Å². The number of rotatable bonds is 13. The van der Waals surface area contributed by atoms with E-state index in [0.29, 0.717) is 62.2 Å². The van der Waals surface area contributed by atoms with Gasteiger partial charge in [0.1, 0.15) is 69.8 Å². The summed E-state index contributed by atoms with van der Waals surface area (Å²) in [6.45, 7) is 8.78. The maximum absolute atomic E-state index is 14.1. The summed E-state index contributed by atoms with van der Waals surface area (Å²) in [4.78, 5) is 84.4. The van der Waals surface area contributed by atoms with Gasteiger partial charge in [-0.2, -0.15) is 0 Å². The van der Waals surface area contributed by atoms with Gasteiger partial charge in [-0.25, -0.2) is 72.4 Å². The van der Waals surface area contributed by atoms with Gasteiger partial charge < -0.3 is 21.1 Å². The number of fused-ring (bicyclic) bond motifs is 4. The van der Waals surface area contributed by atoms with E-state index in [1.165, 1.54) is 98.6 Å². The number of aromatic nitrogens is 3. The quantitative estimate of drug-likeness (QED) is 0.0373. The van der Waals surface area contributed by atoms with E-state index in [1.54, 1.807) is 13.8 Å². The smallest absolute Gasteiger partial charge is 0.336 e. The van der Waals surface area contributed by atoms with E-state index >= 15 is 0 Å². The Hall–Kier alpha value is -11.2. The molecule has 11 aromatic rings. The lowest BCUT2D eigenvalue weighted by molar-refractivity contribution is -0.112. The molecule has 26 heteroatoms. The van der Waals surface area contributed by atoms with Crippen LogP contribution in [0.15, 0.2) is 146 Å². The highest BCUT2D eigenvalue weighted by Gasteiger charge is 2.31. The first-order valence-corrected chi connectivity index (χ1v) is 36.3. The summed E-state index contributed by atoms with van der Waals surface area (Å²) in [5.74, 6) is -10.8. The second kappa shape index (κ2) is 35.9. The van der Waals surface area contributed by atoms with E-state index in [2.05, 4.69) is 46.8 Å². The Labute approximate surface area is 632 Å². The normalized spacial score (nSPS) is 13.9. The fourth-order valence-corrected chi connectivity index (χ4v) is 14.4. The van der Waals surface area contributed by atoms with Gasteiger partial charge in [-0.1, -0.05) is 61.4 Å². The van der Waals surface area contributed by atoms with E-state index in [1.807, 2.05) is 13.8 Å². The highest BCUT2D eigenvalue weighted by Crippen LogP contribution is 2.38. The molecule has 2 saturated carbocycles. The Balaban J connectivity index is 0.000000154. The van der Waals surface area contributed by atoms with Crippen LogP contribution in [-0.4, -0.2) is 67.4 Å². The molecule has 4 heterocycles. The van der Waals surface area contributed by atoms with Crippen LogP contribution in [0.3, 0.4) is 0 Å². The molecule has 110 heavy (non-hydrogen) atoms. The van der Waals surface area contributed by atoms with Crippen LogP contribution >= 0.6 is 15.9 Å². The number of pyridine rings is 3. The molecule has 0 bridgehead atoms. The van der Waals surface area contributed by atoms with Gasteiger partial charge in [0, 0.05) is 92.1 Å². The van der Waals surface area contributed by atoms with Crippen LogP contribution in [0.1, 0.15) is 160 Å². The van der Waals surface area contributed by atoms with E-state index < -0.39 is 87.5 Å². The van der Waals surface area contributed by atoms with Gasteiger partial charge in [-0.15, -0.1) is 0 Å². The lowest BCUT2D eigenvalue weighted by Crippen LogP contribution is -2.39. The summed E-state index contributed by atoms with van der Waals surface area (Å²) in [7, 11) is 0. The minimum absolute atomic E-state index is 0.0287. The Bertz CT molecular complexity index is 5320. The summed E-state index contributed by atoms with van der Waals surface area (Å²) in [6.07, 6.45) is 11.6. The zero-order valence-electron chi connectivity index (χ0n) is 59.8. The number of nitrogens with zero attached hydrogens (tertiary/aromatic N) is 3. The topological polar surface area (TPSA) is 197 Å². The van der Waals surface area contributed by atoms with Gasteiger partial charge >= 0.3 is 5.97 Å². The lowest BCUT2D eigenvalue weighted by Gasteiger charge is -2.28. The van der Waals surface area contributed by atoms with Crippen LogP contribution < -0.4 is 16.0 Å². The number of carboxylic acid groups (broad SMARTS) is 1. The van der Waals surface area contributed by atoms with Crippen LogP contribution in [0, 0.1) is 95.5 Å². The number of amides is 3. The molecule has 3 aromatic heterocycles. The van der Waals surface area contributed by atoms with Gasteiger partial charge in [-0.05, 0) is 198 Å². The molecule has 3 aliphatic rings. The van der Waals surface area contributed by atoms with Crippen molar-refractivity contribution < 1.29 is 86.6 Å². The molecule has 2 atom stereocenters. The molecule has 2 fully saturated rings. The number of anilines is 1. The summed E-state index contributed by atoms with van der Waals surface area (Å²) >= 11 is 3.41. The SMILES string of the molecule is CCC(=O)c1cc(F)cc(F)c1.C[C@H](NC(=O)c1c(CBr)c(-c2cc(F)cc(F)c2)nc2ccc(F)cc12)C1CCCCC1.Cc1c(-c2cc(F)cc(F)c2)nc2ccc(F)cc2c1C(=O)N[C@@H](C)C1CCCCC1.Cc1c(-c2cc(F)cc(F)c2)nc2ccc(F)cc2c1C(=O)O.O=C1Nc2ccc(F)cc2C1=O. The Morgan fingerprint density at radius 2 is 0.800 bits per heavy atom. The molecule has 2 aliphatic carbocycles. The molecule has 0 radical (unpaired) electrons. The van der Waals surface area contributed by atoms with Gasteiger partial charge in [-0.3, -0.25) is 24.0 Å². The largest absolute Gasteiger partial charge is 0.478 e. The van der Waals surface area contributed by atoms with Crippen molar-refractivity contribution in [3.63, 3.8) is 0 Å². The van der Waals surface area contributed by atoms with Crippen molar-refractivity contribution >= 4 is 89.6 Å². The van der Waals surface area contributed by atoms with Crippen molar-refractivity contribution in [3.05, 3.63) is 260 Å². The molecule has 3 amide bonds. The maximum atomic E-state index is 14.1. The number of aromatic carboxylic acids is 1. The molecule has 0 spiro atoms. The first kappa shape index (κ1) is 81.4. The standard InChI is InChI=1S/C25H24BrF3N2O.C25H25F3N2O.C17H10F3NO2.C9H8F2O.C8H4FNO2/c1-14(15-5-3-2-4-6-15)30-25(32)23-20-12-17(27)7-8-22(20)31-24(21(23)13-26)16-9-18(28)11-19(29)10-16;1-14-23(25(31)29-15(2)16-6-4-3-5-7-16)21-13-18(26)8-9-22(21)30-24(14)17-10-19(27)12-20(28)11-17;1-8-15(17(22)23)13-7-10(18)2-3-14(13)21-16(8)9-4-11(19)6-12(20)5-9;1-2-9(12)6-3-7(10)5-8(11)4-6;9-4-1-2-6-5(3-4)7(11)8(12)10-6/h7-12,14-15H,2-6,13H2,1H3,(H,30,32);8-13,15-16H,3-7H2,1-2H3,(H,29,31);2-7H,1H3,(H,22,23);3-5H,2H2,1H3;1-3H,(H,10,11,12)/t14-;15-;;;/m00.../s1. The number of benzene rings is 8. The van der Waals surface area contributed by atoms with E-state index in [-0.39, 0.29) is 114 Å². The van der Waals surface area contributed by atoms with E-state index in [0.717, 1.165) is 112 Å². The van der Waals surface area contributed by atoms with Crippen molar-refractivity contribution in [2.24, 2.45) is 11.8 Å². The number of nitrogens with one attached hydrogen (secondary N) is 3. The predicted molar refractivity (Wildman–Crippen MR) is 398 cm³/mol. The number of hydrogen-bond acceptors (Lipinski definition) is 9. The molecule has 570 valence electrons. The Morgan fingerprint density at radius 3 is 1.20 bits per heavy atom. The maximum Gasteiger partial charge on any atom is 0.336 e. The summed E-state index contributed by atoms with van der Waals surface area (Å²) in [5, 5.41) is 19.0. The molecule has 1 aliphatic heterocycles. The average Bonchev–Trinajstić information content (AvgIpc) is 0.923. The van der Waals surface area contributed by atoms with Crippen molar-refractivity contribution in [3.8, 4) is 33.8 Å². The third-order valence-corrected chi connectivity index (χ3v) is 19.8. The number of carbonyl (C=O) groups is 6. The van der Waals surface area contributed by atoms with Crippen molar-refractivity contribution in [1.82, 2.24) is 25.6 Å². The van der Waals surface area contributed by atoms with E-state index in [4.69, 9.17) is 0 Å². The van der Waals surface area contributed by atoms with Crippen LogP contribution in [0.25, 0.3) is 66.5 Å². The van der Waals surface area contributed by atoms with Crippen LogP contribution in [0.5, 0.6) is 0 Å². The molecule has 4 N–H and O–H groups in total. The lowest BCUT2D eigenvalue weighted by atomic mass is 9.84. The molecule has 14 rings (SSSR count). The van der Waals surface area contributed by atoms with Crippen LogP contribution in [0.4, 0.5) is 58.4 Å². The van der Waals surface area contributed by atoms with Crippen molar-refractivity contribution in [2.45, 2.75) is 123 Å². The van der Waals surface area contributed by atoms with Crippen LogP contribution in [-0.2, 0) is 10.1 Å². The number of carbonyl (C=O) groups excluding carboxylic acids is 5. The Kier molecular flexibility index (Phi) is 26.6. The van der Waals surface area contributed by atoms with Gasteiger partial charge in [0.15, 0.2) is 5.78 Å². The molecule has 0 unspecified atom stereocenters. The number of ketones is 2. The van der Waals surface area contributed by atoms with Gasteiger partial charge in [0.2, 0.25) is 0 Å². The zero-order valence-corrected chi connectivity index (χ0v) is 61.4. The van der Waals surface area contributed by atoms with Gasteiger partial charge in [0.25, 0.3) is 23.5 Å². The average molecular weight is 1580 g/mol. The molecular weight excluding hydrogens is 1510 g/mol. The van der Waals surface area contributed by atoms with Gasteiger partial charge in [0.05, 0.1) is 61.6 Å². The molecule has 13 nitrogen and oxygen atoms in total. The Morgan fingerprint density at radius 1 is 0.455 bits per heavy atom. The van der Waals surface area contributed by atoms with E-state index in [9.17, 15) is 86.6 Å². The fraction of sp³-hybridized carbons (Fsp3) is 0.250. The highest BCUT2D eigenvalue weighted by atomic mass is 79.9. The molecule has 8 aromatic carbocycles.